The number of morpholine rings is 1. The maximum atomic E-state index is 5.84. The standard InChI is InChI=1S/C14H21ClN2O/c1-4-13-9-18-11(3)8-17(13)14-10(2)5-12(6-15)7-16-14/h5,7,11,13H,4,6,8-9H2,1-3H3. The Kier molecular flexibility index (Phi) is 4.46. The fourth-order valence-electron chi connectivity index (χ4n) is 2.44. The number of rotatable bonds is 3. The van der Waals surface area contributed by atoms with E-state index in [-0.39, 0.29) is 6.10 Å². The van der Waals surface area contributed by atoms with E-state index in [1.165, 1.54) is 5.56 Å². The average Bonchev–Trinajstić information content (AvgIpc) is 2.38. The van der Waals surface area contributed by atoms with Crippen LogP contribution >= 0.6 is 11.6 Å². The van der Waals surface area contributed by atoms with Gasteiger partial charge >= 0.3 is 0 Å². The van der Waals surface area contributed by atoms with Gasteiger partial charge in [-0.1, -0.05) is 6.92 Å². The molecule has 100 valence electrons. The van der Waals surface area contributed by atoms with Gasteiger partial charge in [0.05, 0.1) is 18.8 Å². The second-order valence-electron chi connectivity index (χ2n) is 4.98. The molecule has 0 radical (unpaired) electrons. The molecule has 2 rings (SSSR count). The minimum Gasteiger partial charge on any atom is -0.375 e. The molecule has 0 bridgehead atoms. The maximum absolute atomic E-state index is 5.84. The van der Waals surface area contributed by atoms with Gasteiger partial charge in [0.1, 0.15) is 5.82 Å². The Morgan fingerprint density at radius 3 is 2.94 bits per heavy atom. The third kappa shape index (κ3) is 2.78. The lowest BCUT2D eigenvalue weighted by Gasteiger charge is -2.39. The zero-order valence-corrected chi connectivity index (χ0v) is 12.1. The molecular formula is C14H21ClN2O. The summed E-state index contributed by atoms with van der Waals surface area (Å²) in [6.45, 7) is 8.11. The maximum Gasteiger partial charge on any atom is 0.131 e. The van der Waals surface area contributed by atoms with Crippen LogP contribution in [-0.4, -0.2) is 30.3 Å². The summed E-state index contributed by atoms with van der Waals surface area (Å²) in [4.78, 5) is 6.97. The van der Waals surface area contributed by atoms with Crippen molar-refractivity contribution in [3.05, 3.63) is 23.4 Å². The molecule has 1 aliphatic heterocycles. The third-order valence-corrected chi connectivity index (χ3v) is 3.78. The fraction of sp³-hybridized carbons (Fsp3) is 0.643. The van der Waals surface area contributed by atoms with Gasteiger partial charge in [0.25, 0.3) is 0 Å². The van der Waals surface area contributed by atoms with E-state index in [0.29, 0.717) is 11.9 Å². The van der Waals surface area contributed by atoms with Gasteiger partial charge in [0, 0.05) is 18.6 Å². The molecule has 0 saturated carbocycles. The van der Waals surface area contributed by atoms with Crippen molar-refractivity contribution in [2.45, 2.75) is 45.2 Å². The van der Waals surface area contributed by atoms with Crippen LogP contribution in [0.5, 0.6) is 0 Å². The van der Waals surface area contributed by atoms with Gasteiger partial charge in [-0.2, -0.15) is 0 Å². The molecule has 4 heteroatoms. The number of ether oxygens (including phenoxy) is 1. The number of pyridine rings is 1. The topological polar surface area (TPSA) is 25.4 Å². The molecule has 0 aromatic carbocycles. The van der Waals surface area contributed by atoms with Gasteiger partial charge in [-0.15, -0.1) is 11.6 Å². The minimum atomic E-state index is 0.265. The van der Waals surface area contributed by atoms with Crippen molar-refractivity contribution in [1.29, 1.82) is 0 Å². The number of halogens is 1. The summed E-state index contributed by atoms with van der Waals surface area (Å²) in [5.41, 5.74) is 2.27. The first-order chi connectivity index (χ1) is 8.65. The monoisotopic (exact) mass is 268 g/mol. The van der Waals surface area contributed by atoms with Crippen LogP contribution in [0.25, 0.3) is 0 Å². The highest BCUT2D eigenvalue weighted by molar-refractivity contribution is 6.17. The molecule has 0 aliphatic carbocycles. The number of alkyl halides is 1. The summed E-state index contributed by atoms with van der Waals surface area (Å²) in [6, 6.07) is 2.55. The molecule has 0 spiro atoms. The van der Waals surface area contributed by atoms with Crippen LogP contribution in [0.3, 0.4) is 0 Å². The van der Waals surface area contributed by atoms with Crippen LogP contribution in [0.1, 0.15) is 31.4 Å². The first-order valence-corrected chi connectivity index (χ1v) is 7.08. The number of nitrogens with zero attached hydrogens (tertiary/aromatic N) is 2. The minimum absolute atomic E-state index is 0.265. The van der Waals surface area contributed by atoms with E-state index in [1.54, 1.807) is 0 Å². The SMILES string of the molecule is CCC1COC(C)CN1c1ncc(CCl)cc1C. The van der Waals surface area contributed by atoms with E-state index in [0.717, 1.165) is 31.0 Å². The van der Waals surface area contributed by atoms with E-state index in [4.69, 9.17) is 16.3 Å². The molecule has 0 N–H and O–H groups in total. The molecule has 2 unspecified atom stereocenters. The molecule has 3 nitrogen and oxygen atoms in total. The van der Waals surface area contributed by atoms with Crippen LogP contribution in [0.15, 0.2) is 12.3 Å². The van der Waals surface area contributed by atoms with Crippen molar-refractivity contribution in [2.24, 2.45) is 0 Å². The number of hydrogen-bond donors (Lipinski definition) is 0. The van der Waals surface area contributed by atoms with Crippen LogP contribution in [0.2, 0.25) is 0 Å². The van der Waals surface area contributed by atoms with Crippen LogP contribution < -0.4 is 4.90 Å². The van der Waals surface area contributed by atoms with Gasteiger partial charge in [0.2, 0.25) is 0 Å². The highest BCUT2D eigenvalue weighted by atomic mass is 35.5. The molecule has 2 heterocycles. The molecule has 18 heavy (non-hydrogen) atoms. The second kappa shape index (κ2) is 5.89. The molecular weight excluding hydrogens is 248 g/mol. The Labute approximate surface area is 114 Å². The van der Waals surface area contributed by atoms with Crippen molar-refractivity contribution in [3.8, 4) is 0 Å². The smallest absolute Gasteiger partial charge is 0.131 e. The fourth-order valence-corrected chi connectivity index (χ4v) is 2.59. The zero-order chi connectivity index (χ0) is 13.1. The largest absolute Gasteiger partial charge is 0.375 e. The average molecular weight is 269 g/mol. The summed E-state index contributed by atoms with van der Waals surface area (Å²) >= 11 is 5.84. The van der Waals surface area contributed by atoms with Crippen LogP contribution in [-0.2, 0) is 10.6 Å². The van der Waals surface area contributed by atoms with E-state index in [1.807, 2.05) is 6.20 Å². The molecule has 2 atom stereocenters. The van der Waals surface area contributed by atoms with E-state index in [2.05, 4.69) is 36.7 Å². The molecule has 0 amide bonds. The summed E-state index contributed by atoms with van der Waals surface area (Å²) in [7, 11) is 0. The number of aryl methyl sites for hydroxylation is 1. The second-order valence-corrected chi connectivity index (χ2v) is 5.24. The molecule has 1 aromatic rings. The van der Waals surface area contributed by atoms with Gasteiger partial charge in [0.15, 0.2) is 0 Å². The van der Waals surface area contributed by atoms with Crippen molar-refractivity contribution >= 4 is 17.4 Å². The number of anilines is 1. The summed E-state index contributed by atoms with van der Waals surface area (Å²) in [5, 5.41) is 0. The first-order valence-electron chi connectivity index (χ1n) is 6.55. The first kappa shape index (κ1) is 13.6. The Bertz CT molecular complexity index is 411. The van der Waals surface area contributed by atoms with Crippen LogP contribution in [0.4, 0.5) is 5.82 Å². The highest BCUT2D eigenvalue weighted by Crippen LogP contribution is 2.25. The lowest BCUT2D eigenvalue weighted by molar-refractivity contribution is 0.0296. The molecule has 1 aliphatic rings. The van der Waals surface area contributed by atoms with Crippen molar-refractivity contribution in [1.82, 2.24) is 4.98 Å². The van der Waals surface area contributed by atoms with Crippen LogP contribution in [0, 0.1) is 6.92 Å². The Morgan fingerprint density at radius 1 is 1.56 bits per heavy atom. The van der Waals surface area contributed by atoms with Crippen molar-refractivity contribution in [2.75, 3.05) is 18.1 Å². The molecule has 1 saturated heterocycles. The van der Waals surface area contributed by atoms with Gasteiger partial charge in [-0.3, -0.25) is 0 Å². The summed E-state index contributed by atoms with van der Waals surface area (Å²) in [6.07, 6.45) is 3.22. The van der Waals surface area contributed by atoms with Crippen molar-refractivity contribution in [3.63, 3.8) is 0 Å². The Morgan fingerprint density at radius 2 is 2.33 bits per heavy atom. The van der Waals surface area contributed by atoms with E-state index in [9.17, 15) is 0 Å². The molecule has 1 aromatic heterocycles. The van der Waals surface area contributed by atoms with E-state index < -0.39 is 0 Å². The normalized spacial score (nSPS) is 24.3. The Balaban J connectivity index is 2.27. The summed E-state index contributed by atoms with van der Waals surface area (Å²) < 4.78 is 5.73. The number of hydrogen-bond acceptors (Lipinski definition) is 3. The predicted molar refractivity (Wildman–Crippen MR) is 75.4 cm³/mol. The lowest BCUT2D eigenvalue weighted by atomic mass is 10.1. The zero-order valence-electron chi connectivity index (χ0n) is 11.3. The van der Waals surface area contributed by atoms with Gasteiger partial charge < -0.3 is 9.64 Å². The quantitative estimate of drug-likeness (QED) is 0.788. The lowest BCUT2D eigenvalue weighted by Crippen LogP contribution is -2.49. The summed E-state index contributed by atoms with van der Waals surface area (Å²) in [5.74, 6) is 1.59. The Hall–Kier alpha value is -0.800. The van der Waals surface area contributed by atoms with Gasteiger partial charge in [-0.25, -0.2) is 4.98 Å². The third-order valence-electron chi connectivity index (χ3n) is 3.47. The molecule has 1 fully saturated rings. The highest BCUT2D eigenvalue weighted by Gasteiger charge is 2.27. The van der Waals surface area contributed by atoms with Gasteiger partial charge in [-0.05, 0) is 37.5 Å². The predicted octanol–water partition coefficient (Wildman–Crippen LogP) is 3.13. The van der Waals surface area contributed by atoms with Crippen molar-refractivity contribution < 1.29 is 4.74 Å². The van der Waals surface area contributed by atoms with E-state index >= 15 is 0 Å². The number of aromatic nitrogens is 1.